The highest BCUT2D eigenvalue weighted by Gasteiger charge is 2.49. The Morgan fingerprint density at radius 2 is 2.28 bits per heavy atom. The molecular formula is C20H24N2O3. The molecule has 3 aliphatic heterocycles. The number of hydroxylamine groups is 3. The Morgan fingerprint density at radius 1 is 1.44 bits per heavy atom. The lowest BCUT2D eigenvalue weighted by atomic mass is 9.73. The molecule has 0 aliphatic carbocycles. The zero-order valence-corrected chi connectivity index (χ0v) is 14.5. The normalized spacial score (nSPS) is 32.5. The summed E-state index contributed by atoms with van der Waals surface area (Å²) in [5.41, 5.74) is 1.57. The molecule has 1 aromatic heterocycles. The zero-order chi connectivity index (χ0) is 17.6. The van der Waals surface area contributed by atoms with Gasteiger partial charge in [-0.3, -0.25) is 4.98 Å². The van der Waals surface area contributed by atoms with Gasteiger partial charge in [0.05, 0.1) is 25.7 Å². The molecule has 1 N–H and O–H groups in total. The van der Waals surface area contributed by atoms with Crippen molar-refractivity contribution in [3.05, 3.63) is 53.9 Å². The van der Waals surface area contributed by atoms with E-state index in [-0.39, 0.29) is 16.6 Å². The van der Waals surface area contributed by atoms with Crippen LogP contribution >= 0.6 is 0 Å². The Morgan fingerprint density at radius 3 is 3.00 bits per heavy atom. The van der Waals surface area contributed by atoms with E-state index in [1.54, 1.807) is 13.3 Å². The SMILES string of the molecule is C=C[C@H]1C[N+]2([O-])CCC1C[C@@H]2[C@@H](O)c1ccnc2ccc(OC)cc12. The number of aliphatic hydroxyl groups excluding tert-OH is 1. The summed E-state index contributed by atoms with van der Waals surface area (Å²) in [6, 6.07) is 7.12. The molecule has 2 bridgehead atoms. The number of aliphatic hydroxyl groups is 1. The number of aromatic nitrogens is 1. The summed E-state index contributed by atoms with van der Waals surface area (Å²) in [6.07, 6.45) is 4.49. The third-order valence-electron chi connectivity index (χ3n) is 6.12. The van der Waals surface area contributed by atoms with Crippen LogP contribution in [0.2, 0.25) is 0 Å². The summed E-state index contributed by atoms with van der Waals surface area (Å²) >= 11 is 0. The molecule has 5 rings (SSSR count). The van der Waals surface area contributed by atoms with E-state index in [1.807, 2.05) is 30.3 Å². The van der Waals surface area contributed by atoms with E-state index in [0.29, 0.717) is 19.0 Å². The maximum Gasteiger partial charge on any atom is 0.132 e. The highest BCUT2D eigenvalue weighted by atomic mass is 16.6. The fourth-order valence-corrected chi connectivity index (χ4v) is 4.68. The van der Waals surface area contributed by atoms with Crippen LogP contribution in [-0.4, -0.2) is 41.0 Å². The fraction of sp³-hybridized carbons (Fsp3) is 0.450. The van der Waals surface area contributed by atoms with Gasteiger partial charge in [-0.1, -0.05) is 6.08 Å². The molecule has 3 fully saturated rings. The number of quaternary nitrogens is 1. The molecule has 132 valence electrons. The smallest absolute Gasteiger partial charge is 0.132 e. The van der Waals surface area contributed by atoms with Crippen molar-refractivity contribution in [3.63, 3.8) is 0 Å². The molecule has 1 aromatic carbocycles. The van der Waals surface area contributed by atoms with E-state index in [1.165, 1.54) is 0 Å². The molecule has 0 saturated carbocycles. The number of benzene rings is 1. The molecule has 0 radical (unpaired) electrons. The molecule has 4 heterocycles. The Balaban J connectivity index is 1.73. The second-order valence-electron chi connectivity index (χ2n) is 7.34. The number of fused-ring (bicyclic) bond motifs is 4. The molecule has 5 atom stereocenters. The number of rotatable bonds is 4. The monoisotopic (exact) mass is 340 g/mol. The van der Waals surface area contributed by atoms with Crippen LogP contribution in [0.25, 0.3) is 10.9 Å². The first-order valence-corrected chi connectivity index (χ1v) is 8.87. The lowest BCUT2D eigenvalue weighted by Gasteiger charge is -2.61. The number of pyridine rings is 1. The number of piperidine rings is 3. The molecule has 3 saturated heterocycles. The van der Waals surface area contributed by atoms with Gasteiger partial charge in [-0.05, 0) is 35.7 Å². The third-order valence-corrected chi connectivity index (χ3v) is 6.12. The van der Waals surface area contributed by atoms with Crippen LogP contribution in [0.4, 0.5) is 0 Å². The maximum atomic E-state index is 13.4. The summed E-state index contributed by atoms with van der Waals surface area (Å²) in [7, 11) is 1.62. The predicted molar refractivity (Wildman–Crippen MR) is 96.8 cm³/mol. The van der Waals surface area contributed by atoms with Crippen molar-refractivity contribution in [1.82, 2.24) is 4.98 Å². The standard InChI is InChI=1S/C20H24N2O3/c1-3-13-12-22(24)9-7-14(13)10-19(22)20(23)16-6-8-21-18-5-4-15(25-2)11-17(16)18/h3-6,8,11,13-14,19-20,23H,1,7,9-10,12H2,2H3/t13-,14?,19+,20-,22?/m0/s1. The molecule has 25 heavy (non-hydrogen) atoms. The largest absolute Gasteiger partial charge is 0.632 e. The number of ether oxygens (including phenoxy) is 1. The molecule has 2 unspecified atom stereocenters. The minimum Gasteiger partial charge on any atom is -0.632 e. The predicted octanol–water partition coefficient (Wildman–Crippen LogP) is 3.19. The number of methoxy groups -OCH3 is 1. The fourth-order valence-electron chi connectivity index (χ4n) is 4.68. The van der Waals surface area contributed by atoms with Gasteiger partial charge in [-0.15, -0.1) is 6.58 Å². The summed E-state index contributed by atoms with van der Waals surface area (Å²) in [5, 5.41) is 25.4. The summed E-state index contributed by atoms with van der Waals surface area (Å²) in [6.45, 7) is 5.01. The minimum absolute atomic E-state index is 0.268. The molecular weight excluding hydrogens is 316 g/mol. The van der Waals surface area contributed by atoms with Gasteiger partial charge >= 0.3 is 0 Å². The van der Waals surface area contributed by atoms with Crippen molar-refractivity contribution in [2.45, 2.75) is 25.0 Å². The van der Waals surface area contributed by atoms with Gasteiger partial charge in [-0.2, -0.15) is 0 Å². The van der Waals surface area contributed by atoms with Crippen LogP contribution in [0.5, 0.6) is 5.75 Å². The van der Waals surface area contributed by atoms with Gasteiger partial charge in [-0.25, -0.2) is 0 Å². The number of hydrogen-bond acceptors (Lipinski definition) is 4. The summed E-state index contributed by atoms with van der Waals surface area (Å²) in [5.74, 6) is 1.44. The van der Waals surface area contributed by atoms with Crippen molar-refractivity contribution in [2.75, 3.05) is 20.2 Å². The van der Waals surface area contributed by atoms with E-state index in [2.05, 4.69) is 11.6 Å². The lowest BCUT2D eigenvalue weighted by molar-refractivity contribution is -0.929. The topological polar surface area (TPSA) is 65.4 Å². The Bertz CT molecular complexity index is 809. The third kappa shape index (κ3) is 2.63. The molecule has 5 nitrogen and oxygen atoms in total. The average molecular weight is 340 g/mol. The van der Waals surface area contributed by atoms with Gasteiger partial charge < -0.3 is 19.7 Å². The first kappa shape index (κ1) is 16.5. The second kappa shape index (κ2) is 6.09. The van der Waals surface area contributed by atoms with E-state index < -0.39 is 6.10 Å². The van der Waals surface area contributed by atoms with Gasteiger partial charge in [0.1, 0.15) is 17.9 Å². The number of hydrogen-bond donors (Lipinski definition) is 1. The average Bonchev–Trinajstić information content (AvgIpc) is 2.66. The molecule has 0 amide bonds. The first-order chi connectivity index (χ1) is 12.1. The van der Waals surface area contributed by atoms with Crippen molar-refractivity contribution < 1.29 is 14.5 Å². The van der Waals surface area contributed by atoms with E-state index in [4.69, 9.17) is 4.74 Å². The Labute approximate surface area is 147 Å². The van der Waals surface area contributed by atoms with Crippen molar-refractivity contribution in [2.24, 2.45) is 11.8 Å². The van der Waals surface area contributed by atoms with E-state index >= 15 is 0 Å². The molecule has 0 spiro atoms. The van der Waals surface area contributed by atoms with Crippen LogP contribution in [0.15, 0.2) is 43.1 Å². The molecule has 2 aromatic rings. The zero-order valence-electron chi connectivity index (χ0n) is 14.5. The molecule has 5 heteroatoms. The number of nitrogens with zero attached hydrogens (tertiary/aromatic N) is 2. The Kier molecular flexibility index (Phi) is 4.02. The van der Waals surface area contributed by atoms with Crippen LogP contribution in [-0.2, 0) is 0 Å². The van der Waals surface area contributed by atoms with Gasteiger partial charge in [0.2, 0.25) is 0 Å². The van der Waals surface area contributed by atoms with Gasteiger partial charge in [0, 0.05) is 30.3 Å². The van der Waals surface area contributed by atoms with E-state index in [0.717, 1.165) is 35.1 Å². The highest BCUT2D eigenvalue weighted by molar-refractivity contribution is 5.83. The van der Waals surface area contributed by atoms with Gasteiger partial charge in [0.25, 0.3) is 0 Å². The van der Waals surface area contributed by atoms with Crippen molar-refractivity contribution in [1.29, 1.82) is 0 Å². The van der Waals surface area contributed by atoms with Crippen molar-refractivity contribution >= 4 is 10.9 Å². The van der Waals surface area contributed by atoms with E-state index in [9.17, 15) is 10.3 Å². The van der Waals surface area contributed by atoms with Crippen LogP contribution in [0, 0.1) is 17.0 Å². The molecule has 3 aliphatic rings. The van der Waals surface area contributed by atoms with Crippen molar-refractivity contribution in [3.8, 4) is 5.75 Å². The quantitative estimate of drug-likeness (QED) is 0.527. The highest BCUT2D eigenvalue weighted by Crippen LogP contribution is 2.46. The first-order valence-electron chi connectivity index (χ1n) is 8.87. The summed E-state index contributed by atoms with van der Waals surface area (Å²) < 4.78 is 5.00. The van der Waals surface area contributed by atoms with Gasteiger partial charge in [0.15, 0.2) is 0 Å². The minimum atomic E-state index is -0.802. The maximum absolute atomic E-state index is 13.4. The second-order valence-corrected chi connectivity index (χ2v) is 7.34. The Hall–Kier alpha value is -1.95. The van der Waals surface area contributed by atoms with Crippen LogP contribution < -0.4 is 4.74 Å². The lowest BCUT2D eigenvalue weighted by Crippen LogP contribution is -2.64. The van der Waals surface area contributed by atoms with Crippen LogP contribution in [0.3, 0.4) is 0 Å². The summed E-state index contributed by atoms with van der Waals surface area (Å²) in [4.78, 5) is 4.37. The van der Waals surface area contributed by atoms with Crippen LogP contribution in [0.1, 0.15) is 24.5 Å².